The number of aromatic nitrogens is 4. The Morgan fingerprint density at radius 1 is 1.28 bits per heavy atom. The second-order valence-electron chi connectivity index (χ2n) is 6.43. The molecule has 3 rings (SSSR count). The highest BCUT2D eigenvalue weighted by Crippen LogP contribution is 2.23. The van der Waals surface area contributed by atoms with Gasteiger partial charge in [-0.15, -0.1) is 5.10 Å². The van der Waals surface area contributed by atoms with Crippen LogP contribution in [0.2, 0.25) is 0 Å². The number of hydrogen-bond donors (Lipinski definition) is 0. The summed E-state index contributed by atoms with van der Waals surface area (Å²) in [4.78, 5) is 20.7. The van der Waals surface area contributed by atoms with Crippen molar-refractivity contribution in [3.05, 3.63) is 42.0 Å². The van der Waals surface area contributed by atoms with Crippen molar-refractivity contribution >= 4 is 5.91 Å². The zero-order chi connectivity index (χ0) is 17.6. The van der Waals surface area contributed by atoms with Gasteiger partial charge in [-0.25, -0.2) is 4.68 Å². The predicted octanol–water partition coefficient (Wildman–Crippen LogP) is 1.99. The average molecular weight is 342 g/mol. The summed E-state index contributed by atoms with van der Waals surface area (Å²) in [5.41, 5.74) is 1.69. The Labute approximate surface area is 148 Å². The number of carbonyl (C=O) groups is 1. The first kappa shape index (κ1) is 17.5. The summed E-state index contributed by atoms with van der Waals surface area (Å²) in [7, 11) is 0. The van der Waals surface area contributed by atoms with Crippen LogP contribution < -0.4 is 0 Å². The number of nitrogens with zero attached hydrogens (tertiary/aromatic N) is 6. The number of likely N-dealkylation sites (tertiary alicyclic amines) is 1. The Morgan fingerprint density at radius 3 is 2.68 bits per heavy atom. The van der Waals surface area contributed by atoms with Gasteiger partial charge in [0.05, 0.1) is 12.2 Å². The summed E-state index contributed by atoms with van der Waals surface area (Å²) >= 11 is 0. The summed E-state index contributed by atoms with van der Waals surface area (Å²) in [6.07, 6.45) is 7.57. The average Bonchev–Trinajstić information content (AvgIpc) is 3.14. The van der Waals surface area contributed by atoms with Crippen LogP contribution in [0.4, 0.5) is 0 Å². The van der Waals surface area contributed by atoms with Gasteiger partial charge in [-0.3, -0.25) is 14.7 Å². The summed E-state index contributed by atoms with van der Waals surface area (Å²) in [6, 6.07) is 4.41. The number of rotatable bonds is 6. The molecule has 1 fully saturated rings. The molecule has 0 radical (unpaired) electrons. The molecule has 134 valence electrons. The quantitative estimate of drug-likeness (QED) is 0.803. The number of hydrogen-bond acceptors (Lipinski definition) is 5. The second-order valence-corrected chi connectivity index (χ2v) is 6.43. The minimum Gasteiger partial charge on any atom is -0.338 e. The fraction of sp³-hybridized carbons (Fsp3) is 0.556. The van der Waals surface area contributed by atoms with Gasteiger partial charge in [-0.05, 0) is 38.3 Å². The molecule has 0 unspecified atom stereocenters. The minimum absolute atomic E-state index is 0.0368. The first-order chi connectivity index (χ1) is 12.2. The molecule has 7 nitrogen and oxygen atoms in total. The number of amides is 1. The third-order valence-corrected chi connectivity index (χ3v) is 4.84. The smallest absolute Gasteiger partial charge is 0.276 e. The molecular formula is C18H26N6O. The molecule has 1 saturated heterocycles. The van der Waals surface area contributed by atoms with E-state index in [4.69, 9.17) is 0 Å². The highest BCUT2D eigenvalue weighted by atomic mass is 16.2. The van der Waals surface area contributed by atoms with E-state index in [0.29, 0.717) is 24.8 Å². The van der Waals surface area contributed by atoms with Crippen molar-refractivity contribution in [3.63, 3.8) is 0 Å². The molecule has 0 spiro atoms. The largest absolute Gasteiger partial charge is 0.338 e. The summed E-state index contributed by atoms with van der Waals surface area (Å²) in [6.45, 7) is 8.29. The van der Waals surface area contributed by atoms with Crippen LogP contribution in [0.3, 0.4) is 0 Å². The standard InChI is InChI=1S/C18H26N6O/c1-3-23(4-2)18(25)17-14-24(21-20-17)16-7-10-22(11-8-16)13-15-6-5-9-19-12-15/h5-6,9,12,14,16H,3-4,7-8,10-11,13H2,1-2H3. The lowest BCUT2D eigenvalue weighted by molar-refractivity contribution is 0.0767. The van der Waals surface area contributed by atoms with Crippen molar-refractivity contribution < 1.29 is 4.79 Å². The molecule has 0 atom stereocenters. The molecule has 2 aromatic rings. The van der Waals surface area contributed by atoms with Crippen LogP contribution >= 0.6 is 0 Å². The lowest BCUT2D eigenvalue weighted by Gasteiger charge is -2.31. The van der Waals surface area contributed by atoms with E-state index in [1.807, 2.05) is 37.0 Å². The predicted molar refractivity (Wildman–Crippen MR) is 95.1 cm³/mol. The van der Waals surface area contributed by atoms with Crippen molar-refractivity contribution in [2.24, 2.45) is 0 Å². The molecule has 2 aromatic heterocycles. The molecule has 0 aliphatic carbocycles. The Hall–Kier alpha value is -2.28. The van der Waals surface area contributed by atoms with Gasteiger partial charge in [0.15, 0.2) is 5.69 Å². The van der Waals surface area contributed by atoms with Gasteiger partial charge in [0.2, 0.25) is 0 Å². The SMILES string of the molecule is CCN(CC)C(=O)c1cn(C2CCN(Cc3cccnc3)CC2)nn1. The number of carbonyl (C=O) groups excluding carboxylic acids is 1. The van der Waals surface area contributed by atoms with Crippen LogP contribution in [-0.2, 0) is 6.54 Å². The first-order valence-electron chi connectivity index (χ1n) is 9.03. The Morgan fingerprint density at radius 2 is 2.04 bits per heavy atom. The molecule has 1 aliphatic rings. The Balaban J connectivity index is 1.56. The van der Waals surface area contributed by atoms with Crippen LogP contribution in [0.25, 0.3) is 0 Å². The third-order valence-electron chi connectivity index (χ3n) is 4.84. The highest BCUT2D eigenvalue weighted by Gasteiger charge is 2.23. The molecule has 7 heteroatoms. The van der Waals surface area contributed by atoms with E-state index in [9.17, 15) is 4.79 Å². The maximum Gasteiger partial charge on any atom is 0.276 e. The third kappa shape index (κ3) is 4.22. The normalized spacial score (nSPS) is 16.1. The molecule has 0 bridgehead atoms. The molecular weight excluding hydrogens is 316 g/mol. The monoisotopic (exact) mass is 342 g/mol. The summed E-state index contributed by atoms with van der Waals surface area (Å²) < 4.78 is 1.87. The van der Waals surface area contributed by atoms with Gasteiger partial charge in [0.1, 0.15) is 0 Å². The Bertz CT molecular complexity index is 674. The molecule has 0 aromatic carbocycles. The van der Waals surface area contributed by atoms with E-state index in [0.717, 1.165) is 32.5 Å². The van der Waals surface area contributed by atoms with E-state index in [2.05, 4.69) is 26.3 Å². The van der Waals surface area contributed by atoms with E-state index < -0.39 is 0 Å². The number of piperidine rings is 1. The maximum absolute atomic E-state index is 12.4. The van der Waals surface area contributed by atoms with Crippen molar-refractivity contribution in [2.75, 3.05) is 26.2 Å². The van der Waals surface area contributed by atoms with Gasteiger partial charge in [0, 0.05) is 45.1 Å². The van der Waals surface area contributed by atoms with Crippen molar-refractivity contribution in [3.8, 4) is 0 Å². The molecule has 0 saturated carbocycles. The Kier molecular flexibility index (Phi) is 5.75. The van der Waals surface area contributed by atoms with Crippen molar-refractivity contribution in [2.45, 2.75) is 39.3 Å². The summed E-state index contributed by atoms with van der Waals surface area (Å²) in [5.74, 6) is -0.0368. The second kappa shape index (κ2) is 8.20. The van der Waals surface area contributed by atoms with Gasteiger partial charge in [0.25, 0.3) is 5.91 Å². The van der Waals surface area contributed by atoms with Gasteiger partial charge in [-0.1, -0.05) is 11.3 Å². The van der Waals surface area contributed by atoms with E-state index >= 15 is 0 Å². The van der Waals surface area contributed by atoms with Crippen molar-refractivity contribution in [1.29, 1.82) is 0 Å². The highest BCUT2D eigenvalue weighted by molar-refractivity contribution is 5.91. The summed E-state index contributed by atoms with van der Waals surface area (Å²) in [5, 5.41) is 8.31. The van der Waals surface area contributed by atoms with Crippen LogP contribution in [0, 0.1) is 0 Å². The van der Waals surface area contributed by atoms with Crippen LogP contribution in [0.15, 0.2) is 30.7 Å². The zero-order valence-electron chi connectivity index (χ0n) is 15.0. The van der Waals surface area contributed by atoms with E-state index in [1.54, 1.807) is 11.1 Å². The zero-order valence-corrected chi connectivity index (χ0v) is 15.0. The van der Waals surface area contributed by atoms with E-state index in [-0.39, 0.29) is 5.91 Å². The van der Waals surface area contributed by atoms with Gasteiger partial charge in [-0.2, -0.15) is 0 Å². The van der Waals surface area contributed by atoms with Crippen LogP contribution in [0.1, 0.15) is 48.8 Å². The number of pyridine rings is 1. The fourth-order valence-electron chi connectivity index (χ4n) is 3.32. The molecule has 3 heterocycles. The fourth-order valence-corrected chi connectivity index (χ4v) is 3.32. The van der Waals surface area contributed by atoms with Crippen LogP contribution in [0.5, 0.6) is 0 Å². The van der Waals surface area contributed by atoms with Crippen LogP contribution in [-0.4, -0.2) is 61.9 Å². The van der Waals surface area contributed by atoms with Crippen molar-refractivity contribution in [1.82, 2.24) is 29.8 Å². The van der Waals surface area contributed by atoms with Gasteiger partial charge >= 0.3 is 0 Å². The molecule has 1 amide bonds. The minimum atomic E-state index is -0.0368. The molecule has 25 heavy (non-hydrogen) atoms. The maximum atomic E-state index is 12.4. The molecule has 0 N–H and O–H groups in total. The van der Waals surface area contributed by atoms with Gasteiger partial charge < -0.3 is 4.90 Å². The topological polar surface area (TPSA) is 67.2 Å². The molecule has 1 aliphatic heterocycles. The van der Waals surface area contributed by atoms with E-state index in [1.165, 1.54) is 5.56 Å². The lowest BCUT2D eigenvalue weighted by atomic mass is 10.0. The first-order valence-corrected chi connectivity index (χ1v) is 9.03. The lowest BCUT2D eigenvalue weighted by Crippen LogP contribution is -2.34.